The Labute approximate surface area is 235 Å². The molecule has 4 heterocycles. The molecule has 2 aliphatic heterocycles. The van der Waals surface area contributed by atoms with Crippen molar-refractivity contribution in [1.29, 1.82) is 0 Å². The number of piperidine rings is 1. The average Bonchev–Trinajstić information content (AvgIpc) is 3.47. The number of amides is 1. The molecule has 1 amide bonds. The van der Waals surface area contributed by atoms with Crippen LogP contribution < -0.4 is 15.2 Å². The van der Waals surface area contributed by atoms with E-state index in [1.807, 2.05) is 36.4 Å². The van der Waals surface area contributed by atoms with Crippen molar-refractivity contribution in [3.05, 3.63) is 60.0 Å². The van der Waals surface area contributed by atoms with Gasteiger partial charge >= 0.3 is 0 Å². The Bertz CT molecular complexity index is 1460. The van der Waals surface area contributed by atoms with E-state index in [1.165, 1.54) is 38.8 Å². The molecule has 0 saturated carbocycles. The summed E-state index contributed by atoms with van der Waals surface area (Å²) >= 11 is 0. The lowest BCUT2D eigenvalue weighted by molar-refractivity contribution is 0.0984. The van der Waals surface area contributed by atoms with E-state index in [0.29, 0.717) is 12.3 Å². The van der Waals surface area contributed by atoms with Gasteiger partial charge in [0, 0.05) is 48.6 Å². The summed E-state index contributed by atoms with van der Waals surface area (Å²) in [7, 11) is 1.65. The molecule has 8 heteroatoms. The molecular formula is C32H40N4O4. The highest BCUT2D eigenvalue weighted by atomic mass is 16.5. The fourth-order valence-corrected chi connectivity index (χ4v) is 6.43. The second-order valence-corrected chi connectivity index (χ2v) is 11.2. The summed E-state index contributed by atoms with van der Waals surface area (Å²) < 4.78 is 19.6. The number of primary amides is 1. The predicted molar refractivity (Wildman–Crippen MR) is 157 cm³/mol. The summed E-state index contributed by atoms with van der Waals surface area (Å²) in [5.74, 6) is 1.10. The van der Waals surface area contributed by atoms with Crippen LogP contribution >= 0.6 is 0 Å². The van der Waals surface area contributed by atoms with Gasteiger partial charge in [0.15, 0.2) is 0 Å². The third-order valence-corrected chi connectivity index (χ3v) is 8.69. The molecule has 0 aliphatic carbocycles. The molecule has 2 N–H and O–H groups in total. The number of rotatable bonds is 9. The number of nitrogens with zero attached hydrogens (tertiary/aromatic N) is 3. The summed E-state index contributed by atoms with van der Waals surface area (Å²) in [4.78, 5) is 17.8. The van der Waals surface area contributed by atoms with Crippen molar-refractivity contribution in [3.8, 4) is 11.5 Å². The monoisotopic (exact) mass is 544 g/mol. The topological polar surface area (TPSA) is 86.1 Å². The fraction of sp³-hybridized carbons (Fsp3) is 0.469. The summed E-state index contributed by atoms with van der Waals surface area (Å²) in [5, 5.41) is 1.87. The predicted octanol–water partition coefficient (Wildman–Crippen LogP) is 5.59. The minimum absolute atomic E-state index is 0.231. The number of nitrogens with two attached hydrogens (primary N) is 1. The van der Waals surface area contributed by atoms with Gasteiger partial charge in [0.1, 0.15) is 29.4 Å². The Hall–Kier alpha value is -3.49. The van der Waals surface area contributed by atoms with Crippen LogP contribution in [0.1, 0.15) is 60.6 Å². The fourth-order valence-electron chi connectivity index (χ4n) is 6.43. The first-order valence-electron chi connectivity index (χ1n) is 14.7. The number of aromatic nitrogens is 1. The molecular weight excluding hydrogens is 504 g/mol. The third-order valence-electron chi connectivity index (χ3n) is 8.69. The third kappa shape index (κ3) is 5.56. The number of carbonyl (C=O) groups is 1. The van der Waals surface area contributed by atoms with E-state index >= 15 is 0 Å². The zero-order chi connectivity index (χ0) is 27.5. The highest BCUT2D eigenvalue weighted by Gasteiger charge is 2.26. The summed E-state index contributed by atoms with van der Waals surface area (Å²) in [6, 6.07) is 13.9. The van der Waals surface area contributed by atoms with Gasteiger partial charge in [-0.05, 0) is 75.2 Å². The molecule has 2 fully saturated rings. The van der Waals surface area contributed by atoms with Crippen LogP contribution in [0.15, 0.2) is 53.1 Å². The molecule has 0 spiro atoms. The van der Waals surface area contributed by atoms with E-state index in [0.717, 1.165) is 78.0 Å². The van der Waals surface area contributed by atoms with Gasteiger partial charge in [-0.2, -0.15) is 0 Å². The molecule has 2 aliphatic rings. The first-order valence-corrected chi connectivity index (χ1v) is 14.7. The van der Waals surface area contributed by atoms with Crippen LogP contribution in [0.25, 0.3) is 21.9 Å². The molecule has 212 valence electrons. The van der Waals surface area contributed by atoms with E-state index < -0.39 is 5.91 Å². The molecule has 8 nitrogen and oxygen atoms in total. The van der Waals surface area contributed by atoms with Gasteiger partial charge in [-0.15, -0.1) is 0 Å². The van der Waals surface area contributed by atoms with E-state index in [9.17, 15) is 4.79 Å². The maximum absolute atomic E-state index is 12.6. The van der Waals surface area contributed by atoms with Crippen molar-refractivity contribution in [2.24, 2.45) is 5.73 Å². The number of benzene rings is 2. The number of likely N-dealkylation sites (tertiary alicyclic amines) is 2. The maximum atomic E-state index is 12.6. The van der Waals surface area contributed by atoms with Crippen molar-refractivity contribution in [1.82, 2.24) is 14.4 Å². The molecule has 2 aromatic heterocycles. The maximum Gasteiger partial charge on any atom is 0.265 e. The SMILES string of the molecule is COc1ccc2occ(COc3cccc4c3cc(C(N)=O)n4C3CCN(CCN4CCCCCC4)CC3)c2c1. The molecule has 0 radical (unpaired) electrons. The Balaban J connectivity index is 1.17. The Morgan fingerprint density at radius 2 is 1.70 bits per heavy atom. The minimum atomic E-state index is -0.404. The van der Waals surface area contributed by atoms with Crippen LogP contribution in [0.4, 0.5) is 0 Å². The smallest absolute Gasteiger partial charge is 0.265 e. The molecule has 0 bridgehead atoms. The summed E-state index contributed by atoms with van der Waals surface area (Å²) in [6.45, 7) is 7.16. The van der Waals surface area contributed by atoms with Gasteiger partial charge in [-0.3, -0.25) is 4.79 Å². The van der Waals surface area contributed by atoms with Crippen LogP contribution in [-0.2, 0) is 6.61 Å². The first-order chi connectivity index (χ1) is 19.6. The second-order valence-electron chi connectivity index (χ2n) is 11.2. The van der Waals surface area contributed by atoms with Gasteiger partial charge in [0.25, 0.3) is 5.91 Å². The molecule has 0 atom stereocenters. The molecule has 2 aromatic carbocycles. The van der Waals surface area contributed by atoms with E-state index in [-0.39, 0.29) is 6.04 Å². The standard InChI is InChI=1S/C32H40N4O4/c1-38-25-9-10-31-26(19-25)23(22-40-31)21-39-30-8-6-7-28-27(30)20-29(32(33)37)36(28)24-11-15-35(16-12-24)18-17-34-13-4-2-3-5-14-34/h6-10,19-20,22,24H,2-5,11-18,21H2,1H3,(H2,33,37). The van der Waals surface area contributed by atoms with Crippen LogP contribution in [0.2, 0.25) is 0 Å². The summed E-state index contributed by atoms with van der Waals surface area (Å²) in [5.41, 5.74) is 9.18. The lowest BCUT2D eigenvalue weighted by atomic mass is 10.0. The van der Waals surface area contributed by atoms with Crippen LogP contribution in [0.5, 0.6) is 11.5 Å². The quantitative estimate of drug-likeness (QED) is 0.296. The van der Waals surface area contributed by atoms with Crippen molar-refractivity contribution < 1.29 is 18.7 Å². The Kier molecular flexibility index (Phi) is 7.98. The number of hydrogen-bond donors (Lipinski definition) is 1. The van der Waals surface area contributed by atoms with E-state index in [4.69, 9.17) is 19.6 Å². The number of hydrogen-bond acceptors (Lipinski definition) is 6. The Morgan fingerprint density at radius 1 is 0.950 bits per heavy atom. The average molecular weight is 545 g/mol. The van der Waals surface area contributed by atoms with Gasteiger partial charge < -0.3 is 34.0 Å². The zero-order valence-corrected chi connectivity index (χ0v) is 23.4. The second kappa shape index (κ2) is 11.9. The van der Waals surface area contributed by atoms with Crippen molar-refractivity contribution in [2.45, 2.75) is 51.2 Å². The first kappa shape index (κ1) is 26.7. The van der Waals surface area contributed by atoms with Crippen LogP contribution in [0, 0.1) is 0 Å². The highest BCUT2D eigenvalue weighted by Crippen LogP contribution is 2.36. The van der Waals surface area contributed by atoms with E-state index in [2.05, 4.69) is 20.4 Å². The number of furan rings is 1. The largest absolute Gasteiger partial charge is 0.497 e. The van der Waals surface area contributed by atoms with Gasteiger partial charge in [0.05, 0.1) is 18.9 Å². The normalized spacial score (nSPS) is 17.8. The van der Waals surface area contributed by atoms with Crippen molar-refractivity contribution >= 4 is 27.8 Å². The lowest BCUT2D eigenvalue weighted by Gasteiger charge is -2.35. The van der Waals surface area contributed by atoms with Crippen LogP contribution in [0.3, 0.4) is 0 Å². The van der Waals surface area contributed by atoms with Gasteiger partial charge in [0.2, 0.25) is 0 Å². The van der Waals surface area contributed by atoms with Crippen molar-refractivity contribution in [2.75, 3.05) is 46.4 Å². The molecule has 4 aromatic rings. The van der Waals surface area contributed by atoms with Crippen molar-refractivity contribution in [3.63, 3.8) is 0 Å². The highest BCUT2D eigenvalue weighted by molar-refractivity contribution is 5.99. The minimum Gasteiger partial charge on any atom is -0.497 e. The number of ether oxygens (including phenoxy) is 2. The van der Waals surface area contributed by atoms with Crippen LogP contribution in [-0.4, -0.2) is 66.7 Å². The molecule has 0 unspecified atom stereocenters. The molecule has 2 saturated heterocycles. The molecule has 6 rings (SSSR count). The number of fused-ring (bicyclic) bond motifs is 2. The zero-order valence-electron chi connectivity index (χ0n) is 23.4. The molecule has 40 heavy (non-hydrogen) atoms. The van der Waals surface area contributed by atoms with Gasteiger partial charge in [-0.1, -0.05) is 18.9 Å². The Morgan fingerprint density at radius 3 is 2.42 bits per heavy atom. The summed E-state index contributed by atoms with van der Waals surface area (Å²) in [6.07, 6.45) is 9.13. The number of carbonyl (C=O) groups excluding carboxylic acids is 1. The lowest BCUT2D eigenvalue weighted by Crippen LogP contribution is -2.40. The van der Waals surface area contributed by atoms with E-state index in [1.54, 1.807) is 13.4 Å². The number of methoxy groups -OCH3 is 1. The van der Waals surface area contributed by atoms with Gasteiger partial charge in [-0.25, -0.2) is 0 Å².